The number of benzene rings is 2. The number of fused-ring (bicyclic) bond motifs is 1. The van der Waals surface area contributed by atoms with E-state index in [1.807, 2.05) is 54.6 Å². The predicted octanol–water partition coefficient (Wildman–Crippen LogP) is 3.18. The van der Waals surface area contributed by atoms with E-state index < -0.39 is 35.0 Å². The maximum Gasteiger partial charge on any atom is 0.409 e. The van der Waals surface area contributed by atoms with Crippen LogP contribution in [0.15, 0.2) is 60.8 Å². The number of H-pyrrole nitrogens is 1. The van der Waals surface area contributed by atoms with Crippen molar-refractivity contribution >= 4 is 28.7 Å². The van der Waals surface area contributed by atoms with E-state index in [2.05, 4.69) is 10.3 Å². The maximum absolute atomic E-state index is 13.8. The highest BCUT2D eigenvalue weighted by molar-refractivity contribution is 6.11. The Morgan fingerprint density at radius 1 is 1.05 bits per heavy atom. The van der Waals surface area contributed by atoms with Crippen molar-refractivity contribution in [1.82, 2.24) is 15.2 Å². The number of para-hydroxylation sites is 1. The molecule has 0 aliphatic rings. The Labute approximate surface area is 217 Å². The van der Waals surface area contributed by atoms with Gasteiger partial charge in [-0.1, -0.05) is 48.5 Å². The van der Waals surface area contributed by atoms with Crippen LogP contribution < -0.4 is 11.1 Å². The van der Waals surface area contributed by atoms with Crippen molar-refractivity contribution in [3.8, 4) is 0 Å². The Kier molecular flexibility index (Phi) is 8.73. The molecule has 0 aliphatic heterocycles. The molecule has 0 saturated heterocycles. The number of ketones is 1. The van der Waals surface area contributed by atoms with Gasteiger partial charge in [0.2, 0.25) is 0 Å². The zero-order chi connectivity index (χ0) is 27.2. The first-order valence-electron chi connectivity index (χ1n) is 12.2. The van der Waals surface area contributed by atoms with E-state index in [-0.39, 0.29) is 19.6 Å². The number of carbonyl (C=O) groups is 3. The third-order valence-electron chi connectivity index (χ3n) is 6.04. The average molecular weight is 509 g/mol. The van der Waals surface area contributed by atoms with Gasteiger partial charge in [-0.05, 0) is 51.4 Å². The van der Waals surface area contributed by atoms with Crippen LogP contribution in [0.1, 0.15) is 31.9 Å². The van der Waals surface area contributed by atoms with E-state index in [4.69, 9.17) is 15.2 Å². The van der Waals surface area contributed by atoms with E-state index >= 15 is 0 Å². The number of ether oxygens (including phenoxy) is 2. The molecule has 9 heteroatoms. The molecular weight excluding hydrogens is 472 g/mol. The van der Waals surface area contributed by atoms with Gasteiger partial charge in [-0.15, -0.1) is 0 Å². The monoisotopic (exact) mass is 508 g/mol. The van der Waals surface area contributed by atoms with Crippen molar-refractivity contribution in [2.75, 3.05) is 20.6 Å². The van der Waals surface area contributed by atoms with Crippen LogP contribution in [0, 0.1) is 0 Å². The van der Waals surface area contributed by atoms with Crippen LogP contribution in [-0.4, -0.2) is 65.6 Å². The summed E-state index contributed by atoms with van der Waals surface area (Å²) >= 11 is 0. The Hall–Kier alpha value is -3.69. The molecule has 1 unspecified atom stereocenters. The molecule has 0 radical (unpaired) electrons. The number of nitrogens with one attached hydrogen (secondary N) is 2. The van der Waals surface area contributed by atoms with Gasteiger partial charge in [-0.2, -0.15) is 0 Å². The summed E-state index contributed by atoms with van der Waals surface area (Å²) in [7, 11) is 2.94. The summed E-state index contributed by atoms with van der Waals surface area (Å²) in [6.07, 6.45) is 1.31. The lowest BCUT2D eigenvalue weighted by Gasteiger charge is -2.36. The lowest BCUT2D eigenvalue weighted by molar-refractivity contribution is -0.166. The standard InChI is InChI=1S/C28H36N4O5/c1-27(2,3)37-25(34)28(30-4,18-32(5)26(35)36-17-19-11-7-6-8-12-19)24(33)22(29)15-20-16-31-23-14-10-9-13-21(20)23/h6-14,16,22,30-31H,15,17-18,29H2,1-5H3/t22-,28?/m0/s1. The molecule has 0 fully saturated rings. The SMILES string of the molecule is CNC(CN(C)C(=O)OCc1ccccc1)(C(=O)OC(C)(C)C)C(=O)[C@@H](N)Cc1c[nH]c2ccccc12. The van der Waals surface area contributed by atoms with Gasteiger partial charge in [0, 0.05) is 24.1 Å². The second kappa shape index (κ2) is 11.6. The first-order valence-corrected chi connectivity index (χ1v) is 12.2. The molecule has 0 aliphatic carbocycles. The summed E-state index contributed by atoms with van der Waals surface area (Å²) in [6, 6.07) is 15.9. The summed E-state index contributed by atoms with van der Waals surface area (Å²) < 4.78 is 11.0. The van der Waals surface area contributed by atoms with Gasteiger partial charge in [0.05, 0.1) is 12.6 Å². The van der Waals surface area contributed by atoms with Gasteiger partial charge in [0.25, 0.3) is 0 Å². The number of Topliss-reactive ketones (excluding diaryl/α,β-unsaturated/α-hetero) is 1. The van der Waals surface area contributed by atoms with Gasteiger partial charge in [-0.25, -0.2) is 9.59 Å². The third-order valence-corrected chi connectivity index (χ3v) is 6.04. The summed E-state index contributed by atoms with van der Waals surface area (Å²) in [6.45, 7) is 4.85. The van der Waals surface area contributed by atoms with Gasteiger partial charge in [0.15, 0.2) is 11.3 Å². The first-order chi connectivity index (χ1) is 17.5. The van der Waals surface area contributed by atoms with E-state index in [1.165, 1.54) is 19.0 Å². The number of aromatic amines is 1. The highest BCUT2D eigenvalue weighted by Crippen LogP contribution is 2.23. The van der Waals surface area contributed by atoms with Crippen LogP contribution in [0.3, 0.4) is 0 Å². The zero-order valence-corrected chi connectivity index (χ0v) is 22.0. The molecular formula is C28H36N4O5. The Morgan fingerprint density at radius 2 is 1.70 bits per heavy atom. The number of aromatic nitrogens is 1. The summed E-state index contributed by atoms with van der Waals surface area (Å²) in [5, 5.41) is 3.78. The zero-order valence-electron chi connectivity index (χ0n) is 22.0. The lowest BCUT2D eigenvalue weighted by Crippen LogP contribution is -2.68. The average Bonchev–Trinajstić information content (AvgIpc) is 3.27. The molecule has 2 atom stereocenters. The van der Waals surface area contributed by atoms with E-state index in [0.29, 0.717) is 0 Å². The summed E-state index contributed by atoms with van der Waals surface area (Å²) in [4.78, 5) is 44.5. The minimum atomic E-state index is -1.90. The largest absolute Gasteiger partial charge is 0.458 e. The number of esters is 1. The van der Waals surface area contributed by atoms with E-state index in [9.17, 15) is 14.4 Å². The first kappa shape index (κ1) is 27.9. The molecule has 2 aromatic carbocycles. The Bertz CT molecular complexity index is 1230. The smallest absolute Gasteiger partial charge is 0.409 e. The summed E-state index contributed by atoms with van der Waals surface area (Å²) in [5.41, 5.74) is 6.21. The molecule has 9 nitrogen and oxygen atoms in total. The third kappa shape index (κ3) is 6.75. The number of rotatable bonds is 10. The number of hydrogen-bond donors (Lipinski definition) is 3. The number of likely N-dealkylation sites (N-methyl/N-ethyl adjacent to an activating group) is 2. The summed E-state index contributed by atoms with van der Waals surface area (Å²) in [5.74, 6) is -1.40. The molecule has 0 saturated carbocycles. The second-order valence-corrected chi connectivity index (χ2v) is 10.1. The van der Waals surface area contributed by atoms with Crippen molar-refractivity contribution in [1.29, 1.82) is 0 Å². The quantitative estimate of drug-likeness (QED) is 0.284. The Morgan fingerprint density at radius 3 is 2.35 bits per heavy atom. The molecule has 198 valence electrons. The lowest BCUT2D eigenvalue weighted by atomic mass is 9.86. The van der Waals surface area contributed by atoms with Gasteiger partial charge < -0.3 is 25.1 Å². The molecule has 0 spiro atoms. The number of carbonyl (C=O) groups excluding carboxylic acids is 3. The van der Waals surface area contributed by atoms with Crippen molar-refractivity contribution in [3.63, 3.8) is 0 Å². The fourth-order valence-corrected chi connectivity index (χ4v) is 4.11. The van der Waals surface area contributed by atoms with Crippen molar-refractivity contribution in [2.24, 2.45) is 5.73 Å². The van der Waals surface area contributed by atoms with Crippen LogP contribution in [-0.2, 0) is 32.1 Å². The Balaban J connectivity index is 1.83. The van der Waals surface area contributed by atoms with Crippen molar-refractivity contribution in [3.05, 3.63) is 71.9 Å². The fourth-order valence-electron chi connectivity index (χ4n) is 4.11. The fraction of sp³-hybridized carbons (Fsp3) is 0.393. The number of amides is 1. The van der Waals surface area contributed by atoms with Crippen molar-refractivity contribution < 1.29 is 23.9 Å². The van der Waals surface area contributed by atoms with Crippen LogP contribution in [0.4, 0.5) is 4.79 Å². The van der Waals surface area contributed by atoms with Gasteiger partial charge in [-0.3, -0.25) is 10.1 Å². The van der Waals surface area contributed by atoms with Crippen LogP contribution in [0.25, 0.3) is 10.9 Å². The molecule has 3 aromatic rings. The number of nitrogens with zero attached hydrogens (tertiary/aromatic N) is 1. The van der Waals surface area contributed by atoms with Crippen LogP contribution in [0.5, 0.6) is 0 Å². The molecule has 4 N–H and O–H groups in total. The van der Waals surface area contributed by atoms with Gasteiger partial charge >= 0.3 is 12.1 Å². The van der Waals surface area contributed by atoms with E-state index in [1.54, 1.807) is 27.0 Å². The second-order valence-electron chi connectivity index (χ2n) is 10.1. The predicted molar refractivity (Wildman–Crippen MR) is 142 cm³/mol. The normalized spacial score (nSPS) is 14.0. The highest BCUT2D eigenvalue weighted by atomic mass is 16.6. The topological polar surface area (TPSA) is 127 Å². The van der Waals surface area contributed by atoms with Gasteiger partial charge in [0.1, 0.15) is 12.2 Å². The molecule has 1 aromatic heterocycles. The number of nitrogens with two attached hydrogens (primary N) is 1. The molecule has 1 heterocycles. The highest BCUT2D eigenvalue weighted by Gasteiger charge is 2.50. The molecule has 0 bridgehead atoms. The molecule has 1 amide bonds. The molecule has 37 heavy (non-hydrogen) atoms. The van der Waals surface area contributed by atoms with Crippen LogP contribution >= 0.6 is 0 Å². The number of hydrogen-bond acceptors (Lipinski definition) is 7. The minimum Gasteiger partial charge on any atom is -0.458 e. The van der Waals surface area contributed by atoms with Crippen molar-refractivity contribution in [2.45, 2.75) is 51.0 Å². The minimum absolute atomic E-state index is 0.0526. The molecule has 3 rings (SSSR count). The van der Waals surface area contributed by atoms with E-state index in [0.717, 1.165) is 22.0 Å². The maximum atomic E-state index is 13.8. The van der Waals surface area contributed by atoms with Crippen LogP contribution in [0.2, 0.25) is 0 Å².